The molecule has 0 atom stereocenters. The maximum atomic E-state index is 5.67. The molecule has 2 rings (SSSR count). The summed E-state index contributed by atoms with van der Waals surface area (Å²) in [6.07, 6.45) is 1.76. The molecule has 0 fully saturated rings. The van der Waals surface area contributed by atoms with Crippen LogP contribution in [0, 0.1) is 0 Å². The highest BCUT2D eigenvalue weighted by atomic mass is 79.9. The standard InChI is InChI=1S/C14H15BrN2O/c1-16-8-13-6-7-14(9-17-13)18-10-11-2-4-12(15)5-3-11/h2-7,9,16H,8,10H2,1H3. The van der Waals surface area contributed by atoms with Crippen molar-refractivity contribution in [3.8, 4) is 5.75 Å². The third-order valence-corrected chi connectivity index (χ3v) is 3.00. The first kappa shape index (κ1) is 13.1. The van der Waals surface area contributed by atoms with Crippen LogP contribution in [0.15, 0.2) is 47.1 Å². The van der Waals surface area contributed by atoms with Gasteiger partial charge in [0.25, 0.3) is 0 Å². The third kappa shape index (κ3) is 3.82. The Labute approximate surface area is 115 Å². The van der Waals surface area contributed by atoms with Crippen LogP contribution in [-0.4, -0.2) is 12.0 Å². The van der Waals surface area contributed by atoms with Gasteiger partial charge in [0.05, 0.1) is 11.9 Å². The lowest BCUT2D eigenvalue weighted by atomic mass is 10.2. The van der Waals surface area contributed by atoms with Crippen LogP contribution in [0.3, 0.4) is 0 Å². The van der Waals surface area contributed by atoms with Crippen LogP contribution < -0.4 is 10.1 Å². The van der Waals surface area contributed by atoms with E-state index in [-0.39, 0.29) is 0 Å². The van der Waals surface area contributed by atoms with Crippen molar-refractivity contribution in [3.05, 3.63) is 58.3 Å². The molecule has 0 saturated carbocycles. The first-order valence-corrected chi connectivity index (χ1v) is 6.54. The van der Waals surface area contributed by atoms with E-state index in [0.717, 1.165) is 28.0 Å². The van der Waals surface area contributed by atoms with E-state index >= 15 is 0 Å². The molecule has 0 aliphatic carbocycles. The number of halogens is 1. The fourth-order valence-corrected chi connectivity index (χ4v) is 1.79. The maximum Gasteiger partial charge on any atom is 0.138 e. The number of aromatic nitrogens is 1. The van der Waals surface area contributed by atoms with Crippen molar-refractivity contribution in [2.75, 3.05) is 7.05 Å². The van der Waals surface area contributed by atoms with Gasteiger partial charge in [-0.05, 0) is 36.9 Å². The lowest BCUT2D eigenvalue weighted by molar-refractivity contribution is 0.305. The van der Waals surface area contributed by atoms with Gasteiger partial charge in [-0.2, -0.15) is 0 Å². The molecule has 94 valence electrons. The Kier molecular flexibility index (Phi) is 4.73. The van der Waals surface area contributed by atoms with Crippen LogP contribution in [0.1, 0.15) is 11.3 Å². The summed E-state index contributed by atoms with van der Waals surface area (Å²) in [5, 5.41) is 3.06. The van der Waals surface area contributed by atoms with E-state index in [1.54, 1.807) is 6.20 Å². The summed E-state index contributed by atoms with van der Waals surface area (Å²) in [5.74, 6) is 0.790. The average Bonchev–Trinajstić information content (AvgIpc) is 2.40. The Balaban J connectivity index is 1.91. The van der Waals surface area contributed by atoms with Gasteiger partial charge in [0.15, 0.2) is 0 Å². The summed E-state index contributed by atoms with van der Waals surface area (Å²) in [6.45, 7) is 1.33. The fraction of sp³-hybridized carbons (Fsp3) is 0.214. The summed E-state index contributed by atoms with van der Waals surface area (Å²) in [5.41, 5.74) is 2.14. The number of ether oxygens (including phenoxy) is 1. The van der Waals surface area contributed by atoms with Gasteiger partial charge < -0.3 is 10.1 Å². The highest BCUT2D eigenvalue weighted by molar-refractivity contribution is 9.10. The molecular weight excluding hydrogens is 292 g/mol. The zero-order valence-corrected chi connectivity index (χ0v) is 11.8. The zero-order valence-electron chi connectivity index (χ0n) is 10.2. The van der Waals surface area contributed by atoms with Gasteiger partial charge in [-0.25, -0.2) is 0 Å². The van der Waals surface area contributed by atoms with Crippen LogP contribution in [0.5, 0.6) is 5.75 Å². The van der Waals surface area contributed by atoms with Gasteiger partial charge in [-0.15, -0.1) is 0 Å². The van der Waals surface area contributed by atoms with Crippen LogP contribution in [0.25, 0.3) is 0 Å². The quantitative estimate of drug-likeness (QED) is 0.921. The second-order valence-electron chi connectivity index (χ2n) is 3.93. The summed E-state index contributed by atoms with van der Waals surface area (Å²) >= 11 is 3.41. The van der Waals surface area contributed by atoms with Crippen LogP contribution in [-0.2, 0) is 13.2 Å². The number of benzene rings is 1. The molecule has 1 aromatic carbocycles. The summed E-state index contributed by atoms with van der Waals surface area (Å²) in [7, 11) is 1.90. The van der Waals surface area contributed by atoms with Gasteiger partial charge in [0.1, 0.15) is 12.4 Å². The Morgan fingerprint density at radius 2 is 1.94 bits per heavy atom. The first-order valence-electron chi connectivity index (χ1n) is 5.74. The number of nitrogens with one attached hydrogen (secondary N) is 1. The number of hydrogen-bond acceptors (Lipinski definition) is 3. The normalized spacial score (nSPS) is 10.3. The molecule has 1 aromatic heterocycles. The molecule has 0 radical (unpaired) electrons. The van der Waals surface area contributed by atoms with Gasteiger partial charge in [0.2, 0.25) is 0 Å². The topological polar surface area (TPSA) is 34.1 Å². The van der Waals surface area contributed by atoms with E-state index in [2.05, 4.69) is 26.2 Å². The third-order valence-electron chi connectivity index (χ3n) is 2.47. The molecule has 1 N–H and O–H groups in total. The van der Waals surface area contributed by atoms with Crippen molar-refractivity contribution < 1.29 is 4.74 Å². The molecule has 0 saturated heterocycles. The predicted octanol–water partition coefficient (Wildman–Crippen LogP) is 3.14. The van der Waals surface area contributed by atoms with Crippen LogP contribution in [0.2, 0.25) is 0 Å². The monoisotopic (exact) mass is 306 g/mol. The Morgan fingerprint density at radius 1 is 1.17 bits per heavy atom. The molecule has 4 heteroatoms. The molecule has 0 spiro atoms. The number of hydrogen-bond donors (Lipinski definition) is 1. The van der Waals surface area contributed by atoms with Crippen molar-refractivity contribution in [2.45, 2.75) is 13.2 Å². The minimum Gasteiger partial charge on any atom is -0.487 e. The van der Waals surface area contributed by atoms with E-state index in [9.17, 15) is 0 Å². The van der Waals surface area contributed by atoms with Crippen LogP contribution >= 0.6 is 15.9 Å². The summed E-state index contributed by atoms with van der Waals surface area (Å²) in [6, 6.07) is 12.0. The molecule has 0 bridgehead atoms. The molecule has 0 aliphatic rings. The van der Waals surface area contributed by atoms with Crippen molar-refractivity contribution in [1.82, 2.24) is 10.3 Å². The van der Waals surface area contributed by atoms with E-state index in [1.807, 2.05) is 43.4 Å². The SMILES string of the molecule is CNCc1ccc(OCc2ccc(Br)cc2)cn1. The number of rotatable bonds is 5. The zero-order chi connectivity index (χ0) is 12.8. The molecule has 2 aromatic rings. The Bertz CT molecular complexity index is 482. The Hall–Kier alpha value is -1.39. The van der Waals surface area contributed by atoms with Crippen molar-refractivity contribution in [3.63, 3.8) is 0 Å². The molecule has 0 amide bonds. The minimum atomic E-state index is 0.556. The van der Waals surface area contributed by atoms with Crippen molar-refractivity contribution in [1.29, 1.82) is 0 Å². The first-order chi connectivity index (χ1) is 8.78. The van der Waals surface area contributed by atoms with E-state index in [4.69, 9.17) is 4.74 Å². The molecule has 0 unspecified atom stereocenters. The van der Waals surface area contributed by atoms with Crippen molar-refractivity contribution >= 4 is 15.9 Å². The summed E-state index contributed by atoms with van der Waals surface area (Å²) in [4.78, 5) is 4.30. The molecule has 0 aliphatic heterocycles. The highest BCUT2D eigenvalue weighted by Crippen LogP contribution is 2.14. The predicted molar refractivity (Wildman–Crippen MR) is 75.5 cm³/mol. The van der Waals surface area contributed by atoms with E-state index in [1.165, 1.54) is 0 Å². The van der Waals surface area contributed by atoms with Gasteiger partial charge >= 0.3 is 0 Å². The molecule has 3 nitrogen and oxygen atoms in total. The lowest BCUT2D eigenvalue weighted by Gasteiger charge is -2.07. The average molecular weight is 307 g/mol. The second kappa shape index (κ2) is 6.52. The van der Waals surface area contributed by atoms with Gasteiger partial charge in [-0.1, -0.05) is 28.1 Å². The minimum absolute atomic E-state index is 0.556. The van der Waals surface area contributed by atoms with Gasteiger partial charge in [-0.3, -0.25) is 4.98 Å². The Morgan fingerprint density at radius 3 is 2.56 bits per heavy atom. The fourth-order valence-electron chi connectivity index (χ4n) is 1.53. The largest absolute Gasteiger partial charge is 0.487 e. The summed E-state index contributed by atoms with van der Waals surface area (Å²) < 4.78 is 6.74. The number of pyridine rings is 1. The molecular formula is C14H15BrN2O. The second-order valence-corrected chi connectivity index (χ2v) is 4.85. The van der Waals surface area contributed by atoms with Crippen molar-refractivity contribution in [2.24, 2.45) is 0 Å². The smallest absolute Gasteiger partial charge is 0.138 e. The van der Waals surface area contributed by atoms with Crippen LogP contribution in [0.4, 0.5) is 0 Å². The maximum absolute atomic E-state index is 5.67. The molecule has 18 heavy (non-hydrogen) atoms. The highest BCUT2D eigenvalue weighted by Gasteiger charge is 1.98. The van der Waals surface area contributed by atoms with E-state index in [0.29, 0.717) is 6.61 Å². The van der Waals surface area contributed by atoms with Gasteiger partial charge in [0, 0.05) is 11.0 Å². The van der Waals surface area contributed by atoms with E-state index < -0.39 is 0 Å². The number of nitrogens with zero attached hydrogens (tertiary/aromatic N) is 1. The lowest BCUT2D eigenvalue weighted by Crippen LogP contribution is -2.06. The molecule has 1 heterocycles.